The second kappa shape index (κ2) is 28.3. The number of likely N-dealkylation sites (N-methyl/N-ethyl adjacent to an activating group) is 1. The van der Waals surface area contributed by atoms with Crippen molar-refractivity contribution in [1.82, 2.24) is 42.1 Å². The summed E-state index contributed by atoms with van der Waals surface area (Å²) in [7, 11) is 1.57. The van der Waals surface area contributed by atoms with Gasteiger partial charge in [-0.15, -0.1) is 0 Å². The summed E-state index contributed by atoms with van der Waals surface area (Å²) in [5, 5.41) is 42.7. The number of phenols is 1. The van der Waals surface area contributed by atoms with Crippen LogP contribution in [0, 0.1) is 17.8 Å². The van der Waals surface area contributed by atoms with E-state index in [2.05, 4.69) is 42.2 Å². The number of amides is 7. The molecule has 0 spiro atoms. The Morgan fingerprint density at radius 1 is 0.754 bits per heavy atom. The molecule has 1 fully saturated rings. The van der Waals surface area contributed by atoms with Crippen LogP contribution in [0.15, 0.2) is 46.1 Å². The fourth-order valence-electron chi connectivity index (χ4n) is 7.80. The third-order valence-corrected chi connectivity index (χ3v) is 13.0. The van der Waals surface area contributed by atoms with Gasteiger partial charge in [0.25, 0.3) is 0 Å². The number of carboxylic acids is 1. The van der Waals surface area contributed by atoms with Crippen molar-refractivity contribution in [3.8, 4) is 5.75 Å². The van der Waals surface area contributed by atoms with Crippen LogP contribution >= 0.6 is 11.3 Å². The van der Waals surface area contributed by atoms with E-state index in [-0.39, 0.29) is 56.5 Å². The number of carbonyl (C=O) groups is 8. The minimum atomic E-state index is -1.33. The number of benzene rings is 1. The Bertz CT molecular complexity index is 2070. The molecule has 2 aromatic rings. The number of aliphatic carboxylic acids is 1. The quantitative estimate of drug-likeness (QED) is 0.0310. The van der Waals surface area contributed by atoms with Gasteiger partial charge in [0.05, 0.1) is 6.54 Å². The lowest BCUT2D eigenvalue weighted by Crippen LogP contribution is -2.62. The number of aliphatic imine (C=N–C) groups is 1. The normalized spacial score (nSPS) is 16.9. The van der Waals surface area contributed by atoms with Crippen LogP contribution in [0.1, 0.15) is 91.2 Å². The standard InChI is InChI=1S/C47H73N11O10S/c1-8-27(5)38(44(65)54-34(23-30-18-21-69-25-30)45(66)58-20-11-13-35(58)42(63)57-39(46(67)68)28(6)9-2)56-41(62)33(22-29-14-16-31(59)17-15-29)53-43(64)37(26(3)4)55-40(61)32(52-36(60)24-50-7)12-10-19-51-47(48)49/h14-18,21,25-28,32-35,37-39,50,59H,8-13,19-20,22-24H2,1-7H3,(H,52,60)(H,53,64)(H,54,65)(H,55,61)(H,56,62)(H,57,63)(H,67,68)(H4,48,49,51)/t27-,28-,32-,33-,34-,35-,37-,38-,39-/m0/s1. The van der Waals surface area contributed by atoms with Gasteiger partial charge >= 0.3 is 5.97 Å². The summed E-state index contributed by atoms with van der Waals surface area (Å²) >= 11 is 1.40. The summed E-state index contributed by atoms with van der Waals surface area (Å²) in [6.07, 6.45) is 2.08. The minimum Gasteiger partial charge on any atom is -0.508 e. The molecular formula is C47H73N11O10S. The Labute approximate surface area is 408 Å². The van der Waals surface area contributed by atoms with Gasteiger partial charge in [-0.05, 0) is 90.6 Å². The Hall–Kier alpha value is -6.29. The molecule has 3 rings (SSSR count). The van der Waals surface area contributed by atoms with E-state index in [0.717, 1.165) is 5.56 Å². The number of thiophene rings is 1. The zero-order valence-corrected chi connectivity index (χ0v) is 41.5. The first kappa shape index (κ1) is 57.0. The summed E-state index contributed by atoms with van der Waals surface area (Å²) in [6, 6.07) is -0.358. The van der Waals surface area contributed by atoms with E-state index in [9.17, 15) is 48.6 Å². The molecule has 0 unspecified atom stereocenters. The molecule has 1 aliphatic heterocycles. The van der Waals surface area contributed by atoms with Gasteiger partial charge in [-0.1, -0.05) is 66.5 Å². The molecule has 1 aliphatic rings. The van der Waals surface area contributed by atoms with Crippen LogP contribution in [0.2, 0.25) is 0 Å². The molecule has 0 radical (unpaired) electrons. The number of carboxylic acid groups (broad SMARTS) is 1. The van der Waals surface area contributed by atoms with Crippen molar-refractivity contribution in [3.63, 3.8) is 0 Å². The van der Waals surface area contributed by atoms with Crippen molar-refractivity contribution >= 4 is 64.6 Å². The molecule has 69 heavy (non-hydrogen) atoms. The zero-order valence-electron chi connectivity index (χ0n) is 40.7. The minimum absolute atomic E-state index is 0.0301. The van der Waals surface area contributed by atoms with Gasteiger partial charge in [-0.25, -0.2) is 4.79 Å². The third kappa shape index (κ3) is 18.0. The number of guanidine groups is 1. The highest BCUT2D eigenvalue weighted by Crippen LogP contribution is 2.22. The second-order valence-corrected chi connectivity index (χ2v) is 18.7. The highest BCUT2D eigenvalue weighted by atomic mass is 32.1. The predicted molar refractivity (Wildman–Crippen MR) is 261 cm³/mol. The summed E-state index contributed by atoms with van der Waals surface area (Å²) in [5.74, 6) is -7.19. The molecule has 382 valence electrons. The zero-order chi connectivity index (χ0) is 51.4. The summed E-state index contributed by atoms with van der Waals surface area (Å²) in [5.41, 5.74) is 12.2. The molecule has 9 atom stereocenters. The SMILES string of the molecule is CC[C@H](C)[C@H](NC(=O)[C@@H]1CCCN1C(=O)[C@H](Cc1ccsc1)NC(=O)[C@@H](NC(=O)[C@H](Cc1ccc(O)cc1)NC(=O)[C@@H](NC(=O)[C@H](CCCN=C(N)N)NC(=O)CNC)C(C)C)[C@@H](C)CC)C(=O)O. The first-order chi connectivity index (χ1) is 32.7. The Balaban J connectivity index is 1.92. The number of hydrogen-bond acceptors (Lipinski definition) is 12. The van der Waals surface area contributed by atoms with Gasteiger partial charge in [-0.2, -0.15) is 11.3 Å². The van der Waals surface area contributed by atoms with Crippen molar-refractivity contribution < 1.29 is 48.6 Å². The second-order valence-electron chi connectivity index (χ2n) is 17.9. The van der Waals surface area contributed by atoms with E-state index in [0.29, 0.717) is 37.7 Å². The number of aromatic hydroxyl groups is 1. The van der Waals surface area contributed by atoms with E-state index >= 15 is 0 Å². The van der Waals surface area contributed by atoms with Crippen LogP contribution in [0.3, 0.4) is 0 Å². The summed E-state index contributed by atoms with van der Waals surface area (Å²) < 4.78 is 0. The third-order valence-electron chi connectivity index (χ3n) is 12.2. The number of rotatable bonds is 28. The van der Waals surface area contributed by atoms with Crippen LogP contribution < -0.4 is 48.7 Å². The van der Waals surface area contributed by atoms with Gasteiger partial charge in [0.2, 0.25) is 41.4 Å². The van der Waals surface area contributed by atoms with Crippen LogP contribution in [-0.4, -0.2) is 137 Å². The summed E-state index contributed by atoms with van der Waals surface area (Å²) in [4.78, 5) is 115. The fraction of sp³-hybridized carbons (Fsp3) is 0.596. The van der Waals surface area contributed by atoms with Gasteiger partial charge in [0, 0.05) is 25.9 Å². The maximum absolute atomic E-state index is 14.5. The molecular weight excluding hydrogens is 911 g/mol. The maximum atomic E-state index is 14.5. The Kier molecular flexibility index (Phi) is 23.4. The maximum Gasteiger partial charge on any atom is 0.326 e. The number of nitrogens with one attached hydrogen (secondary N) is 7. The van der Waals surface area contributed by atoms with Crippen molar-refractivity contribution in [2.75, 3.05) is 26.7 Å². The van der Waals surface area contributed by atoms with Gasteiger partial charge in [0.15, 0.2) is 5.96 Å². The molecule has 22 heteroatoms. The van der Waals surface area contributed by atoms with E-state index < -0.39 is 101 Å². The number of phenolic OH excluding ortho intramolecular Hbond substituents is 1. The lowest BCUT2D eigenvalue weighted by Gasteiger charge is -2.32. The highest BCUT2D eigenvalue weighted by molar-refractivity contribution is 7.07. The van der Waals surface area contributed by atoms with Crippen LogP contribution in [0.25, 0.3) is 0 Å². The Morgan fingerprint density at radius 2 is 1.35 bits per heavy atom. The molecule has 13 N–H and O–H groups in total. The topological polar surface area (TPSA) is 329 Å². The molecule has 0 bridgehead atoms. The Morgan fingerprint density at radius 3 is 1.93 bits per heavy atom. The van der Waals surface area contributed by atoms with E-state index in [4.69, 9.17) is 11.5 Å². The molecule has 1 aromatic carbocycles. The first-order valence-corrected chi connectivity index (χ1v) is 24.5. The van der Waals surface area contributed by atoms with Crippen LogP contribution in [0.4, 0.5) is 0 Å². The van der Waals surface area contributed by atoms with Gasteiger partial charge in [0.1, 0.15) is 48.0 Å². The number of nitrogens with zero attached hydrogens (tertiary/aromatic N) is 2. The monoisotopic (exact) mass is 984 g/mol. The van der Waals surface area contributed by atoms with Crippen molar-refractivity contribution in [2.24, 2.45) is 34.2 Å². The number of nitrogens with two attached hydrogens (primary N) is 2. The average molecular weight is 984 g/mol. The van der Waals surface area contributed by atoms with Crippen molar-refractivity contribution in [1.29, 1.82) is 0 Å². The van der Waals surface area contributed by atoms with Crippen molar-refractivity contribution in [3.05, 3.63) is 52.2 Å². The van der Waals surface area contributed by atoms with Crippen LogP contribution in [-0.2, 0) is 51.2 Å². The lowest BCUT2D eigenvalue weighted by atomic mass is 9.96. The van der Waals surface area contributed by atoms with E-state index in [1.807, 2.05) is 30.7 Å². The molecule has 1 aromatic heterocycles. The van der Waals surface area contributed by atoms with Crippen LogP contribution in [0.5, 0.6) is 5.75 Å². The smallest absolute Gasteiger partial charge is 0.326 e. The largest absolute Gasteiger partial charge is 0.508 e. The molecule has 21 nitrogen and oxygen atoms in total. The van der Waals surface area contributed by atoms with E-state index in [1.54, 1.807) is 46.9 Å². The highest BCUT2D eigenvalue weighted by Gasteiger charge is 2.41. The molecule has 1 saturated heterocycles. The van der Waals surface area contributed by atoms with Crippen molar-refractivity contribution in [2.45, 2.75) is 135 Å². The van der Waals surface area contributed by atoms with Gasteiger partial charge < -0.3 is 63.8 Å². The number of hydrogen-bond donors (Lipinski definition) is 11. The molecule has 0 saturated carbocycles. The number of likely N-dealkylation sites (tertiary alicyclic amines) is 1. The van der Waals surface area contributed by atoms with Gasteiger partial charge in [-0.3, -0.25) is 38.6 Å². The van der Waals surface area contributed by atoms with E-state index in [1.165, 1.54) is 28.4 Å². The first-order valence-electron chi connectivity index (χ1n) is 23.5. The number of carbonyl (C=O) groups excluding carboxylic acids is 7. The lowest BCUT2D eigenvalue weighted by molar-refractivity contribution is -0.146. The predicted octanol–water partition coefficient (Wildman–Crippen LogP) is 0.245. The molecule has 0 aliphatic carbocycles. The average Bonchev–Trinajstić information content (AvgIpc) is 4.02. The fourth-order valence-corrected chi connectivity index (χ4v) is 8.48. The summed E-state index contributed by atoms with van der Waals surface area (Å²) in [6.45, 7) is 10.8. The molecule has 7 amide bonds. The molecule has 2 heterocycles.